The zero-order valence-electron chi connectivity index (χ0n) is 24.9. The molecule has 7 rings (SSSR count). The number of esters is 2. The minimum Gasteiger partial charge on any atom is -0.465 e. The number of aliphatic hydroxyl groups excluding tert-OH is 1. The van der Waals surface area contributed by atoms with Gasteiger partial charge in [0.25, 0.3) is 0 Å². The number of fused-ring (bicyclic) bond motifs is 3. The molecule has 0 radical (unpaired) electrons. The van der Waals surface area contributed by atoms with Crippen LogP contribution in [0.5, 0.6) is 0 Å². The first-order valence-electron chi connectivity index (χ1n) is 13.6. The van der Waals surface area contributed by atoms with Crippen molar-refractivity contribution in [1.29, 1.82) is 0 Å². The van der Waals surface area contributed by atoms with Crippen molar-refractivity contribution in [2.24, 2.45) is 0 Å². The lowest BCUT2D eigenvalue weighted by atomic mass is 10.3. The number of anilines is 1. The predicted molar refractivity (Wildman–Crippen MR) is 168 cm³/mol. The molecule has 0 atom stereocenters. The number of carbonyl (C=O) groups excluding carboxylic acids is 3. The van der Waals surface area contributed by atoms with E-state index in [-0.39, 0.29) is 12.6 Å². The molecular formula is C32H30N8O6. The minimum atomic E-state index is -0.404. The lowest BCUT2D eigenvalue weighted by Gasteiger charge is -1.98. The molecule has 14 nitrogen and oxygen atoms in total. The number of nitrogens with zero attached hydrogens (tertiary/aromatic N) is 7. The lowest BCUT2D eigenvalue weighted by Crippen LogP contribution is -2.02. The number of carbonyl (C=O) groups is 3. The monoisotopic (exact) mass is 622 g/mol. The van der Waals surface area contributed by atoms with E-state index in [2.05, 4.69) is 29.4 Å². The van der Waals surface area contributed by atoms with Crippen LogP contribution in [0.4, 0.5) is 5.82 Å². The normalized spacial score (nSPS) is 10.1. The van der Waals surface area contributed by atoms with E-state index in [1.54, 1.807) is 55.1 Å². The predicted octanol–water partition coefficient (Wildman–Crippen LogP) is 3.54. The Morgan fingerprint density at radius 1 is 0.696 bits per heavy atom. The molecule has 7 aromatic heterocycles. The molecule has 3 N–H and O–H groups in total. The number of nitrogen functional groups attached to an aromatic ring is 1. The van der Waals surface area contributed by atoms with E-state index in [0.29, 0.717) is 22.5 Å². The molecule has 0 fully saturated rings. The molecule has 0 aliphatic rings. The number of ether oxygens (including phenoxy) is 2. The fraction of sp³-hybridized carbons (Fsp3) is 0.0938. The molecule has 14 heteroatoms. The molecular weight excluding hydrogens is 592 g/mol. The molecule has 0 spiro atoms. The number of hydrogen-bond donors (Lipinski definition) is 2. The summed E-state index contributed by atoms with van der Waals surface area (Å²) in [6.45, 7) is 0.0728. The molecule has 0 saturated heterocycles. The lowest BCUT2D eigenvalue weighted by molar-refractivity contribution is 0.0592. The van der Waals surface area contributed by atoms with Gasteiger partial charge in [0.15, 0.2) is 0 Å². The number of pyridine rings is 4. The van der Waals surface area contributed by atoms with Gasteiger partial charge >= 0.3 is 11.9 Å². The Hall–Kier alpha value is -6.41. The van der Waals surface area contributed by atoms with Gasteiger partial charge in [-0.2, -0.15) is 0 Å². The molecule has 46 heavy (non-hydrogen) atoms. The second-order valence-corrected chi connectivity index (χ2v) is 9.22. The summed E-state index contributed by atoms with van der Waals surface area (Å²) in [5, 5.41) is 8.80. The van der Waals surface area contributed by atoms with E-state index < -0.39 is 5.97 Å². The van der Waals surface area contributed by atoms with Gasteiger partial charge in [-0.1, -0.05) is 0 Å². The largest absolute Gasteiger partial charge is 0.465 e. The molecule has 0 amide bonds. The molecule has 0 bridgehead atoms. The number of imidazole rings is 3. The van der Waals surface area contributed by atoms with Gasteiger partial charge in [0.05, 0.1) is 32.0 Å². The fourth-order valence-corrected chi connectivity index (χ4v) is 3.90. The first-order chi connectivity index (χ1) is 22.3. The zero-order valence-corrected chi connectivity index (χ0v) is 24.9. The smallest absolute Gasteiger partial charge is 0.338 e. The second-order valence-electron chi connectivity index (χ2n) is 9.22. The third kappa shape index (κ3) is 8.58. The van der Waals surface area contributed by atoms with Crippen LogP contribution in [0.1, 0.15) is 36.6 Å². The van der Waals surface area contributed by atoms with Crippen LogP contribution in [0, 0.1) is 0 Å². The molecule has 0 unspecified atom stereocenters. The summed E-state index contributed by atoms with van der Waals surface area (Å²) in [6, 6.07) is 13.6. The van der Waals surface area contributed by atoms with Crippen LogP contribution in [-0.4, -0.2) is 70.7 Å². The number of aldehydes is 1. The average Bonchev–Trinajstić information content (AvgIpc) is 3.88. The molecule has 0 aliphatic carbocycles. The SMILES string of the molecule is COC(=O)c1ccn2ccnc2c1.COC(=O)c1ccnc(N)c1.O=Cc1ccn2ccnc2c1.OCc1ccn2ccnc2c1. The Balaban J connectivity index is 0.000000140. The van der Waals surface area contributed by atoms with Gasteiger partial charge < -0.3 is 33.5 Å². The first-order valence-corrected chi connectivity index (χ1v) is 13.6. The van der Waals surface area contributed by atoms with E-state index in [9.17, 15) is 14.4 Å². The fourth-order valence-electron chi connectivity index (χ4n) is 3.90. The molecule has 7 heterocycles. The van der Waals surface area contributed by atoms with Crippen LogP contribution in [-0.2, 0) is 16.1 Å². The van der Waals surface area contributed by atoms with Gasteiger partial charge in [0.1, 0.15) is 29.0 Å². The molecule has 0 aromatic carbocycles. The number of hydrogen-bond acceptors (Lipinski definition) is 11. The van der Waals surface area contributed by atoms with E-state index in [1.807, 2.05) is 56.3 Å². The van der Waals surface area contributed by atoms with Crippen molar-refractivity contribution < 1.29 is 29.0 Å². The Bertz CT molecular complexity index is 2070. The van der Waals surface area contributed by atoms with Crippen LogP contribution in [0.15, 0.2) is 110 Å². The van der Waals surface area contributed by atoms with Crippen molar-refractivity contribution in [1.82, 2.24) is 33.1 Å². The van der Waals surface area contributed by atoms with Gasteiger partial charge in [-0.25, -0.2) is 29.5 Å². The van der Waals surface area contributed by atoms with E-state index in [1.165, 1.54) is 26.5 Å². The Morgan fingerprint density at radius 2 is 1.22 bits per heavy atom. The molecule has 234 valence electrons. The highest BCUT2D eigenvalue weighted by Gasteiger charge is 2.06. The van der Waals surface area contributed by atoms with Gasteiger partial charge in [-0.3, -0.25) is 4.79 Å². The highest BCUT2D eigenvalue weighted by Crippen LogP contribution is 2.07. The van der Waals surface area contributed by atoms with Gasteiger partial charge in [-0.15, -0.1) is 0 Å². The standard InChI is InChI=1S/C9H8N2O2.C8H8N2O.C8H6N2O.C7H8N2O2/c1-13-9(12)7-2-4-11-5-3-10-8(11)6-7;2*11-6-7-1-3-10-4-2-9-8(10)5-7;1-11-7(10)5-2-3-9-6(8)4-5/h2-6H,1H3;1-5,11H,6H2;1-6H;2-4H,1H3,(H2,8,9). The zero-order chi connectivity index (χ0) is 32.9. The molecule has 0 saturated carbocycles. The van der Waals surface area contributed by atoms with Gasteiger partial charge in [0, 0.05) is 67.5 Å². The number of nitrogens with two attached hydrogens (primary N) is 1. The summed E-state index contributed by atoms with van der Waals surface area (Å²) in [5.74, 6) is -0.433. The van der Waals surface area contributed by atoms with Crippen molar-refractivity contribution in [3.8, 4) is 0 Å². The van der Waals surface area contributed by atoms with E-state index in [0.717, 1.165) is 28.8 Å². The minimum absolute atomic E-state index is 0.0728. The summed E-state index contributed by atoms with van der Waals surface area (Å²) in [5.41, 5.74) is 10.2. The number of methoxy groups -OCH3 is 2. The highest BCUT2D eigenvalue weighted by atomic mass is 16.5. The van der Waals surface area contributed by atoms with Crippen LogP contribution < -0.4 is 5.73 Å². The summed E-state index contributed by atoms with van der Waals surface area (Å²) in [4.78, 5) is 48.2. The Labute approximate surface area is 262 Å². The van der Waals surface area contributed by atoms with Gasteiger partial charge in [0.2, 0.25) is 0 Å². The number of rotatable bonds is 4. The Kier molecular flexibility index (Phi) is 11.2. The average molecular weight is 623 g/mol. The topological polar surface area (TPSA) is 181 Å². The summed E-state index contributed by atoms with van der Waals surface area (Å²) < 4.78 is 14.6. The van der Waals surface area contributed by atoms with E-state index in [4.69, 9.17) is 10.8 Å². The molecule has 0 aliphatic heterocycles. The van der Waals surface area contributed by atoms with Crippen molar-refractivity contribution in [3.63, 3.8) is 0 Å². The number of aliphatic hydroxyl groups is 1. The summed E-state index contributed by atoms with van der Waals surface area (Å²) in [7, 11) is 2.68. The molecule has 7 aromatic rings. The summed E-state index contributed by atoms with van der Waals surface area (Å²) >= 11 is 0. The van der Waals surface area contributed by atoms with E-state index >= 15 is 0 Å². The third-order valence-electron chi connectivity index (χ3n) is 6.22. The second kappa shape index (κ2) is 15.9. The van der Waals surface area contributed by atoms with Crippen molar-refractivity contribution in [3.05, 3.63) is 133 Å². The maximum absolute atomic E-state index is 11.1. The van der Waals surface area contributed by atoms with Crippen LogP contribution >= 0.6 is 0 Å². The first kappa shape index (κ1) is 32.5. The Morgan fingerprint density at radius 3 is 1.76 bits per heavy atom. The van der Waals surface area contributed by atoms with Crippen molar-refractivity contribution >= 4 is 41.0 Å². The third-order valence-corrected chi connectivity index (χ3v) is 6.22. The maximum Gasteiger partial charge on any atom is 0.338 e. The van der Waals surface area contributed by atoms with Crippen LogP contribution in [0.2, 0.25) is 0 Å². The summed E-state index contributed by atoms with van der Waals surface area (Å²) in [6.07, 6.45) is 18.4. The van der Waals surface area contributed by atoms with Crippen LogP contribution in [0.25, 0.3) is 16.9 Å². The van der Waals surface area contributed by atoms with Crippen LogP contribution in [0.3, 0.4) is 0 Å². The quantitative estimate of drug-likeness (QED) is 0.216. The maximum atomic E-state index is 11.1. The highest BCUT2D eigenvalue weighted by molar-refractivity contribution is 5.90. The van der Waals surface area contributed by atoms with Crippen molar-refractivity contribution in [2.45, 2.75) is 6.61 Å². The number of aromatic nitrogens is 7. The van der Waals surface area contributed by atoms with Crippen molar-refractivity contribution in [2.75, 3.05) is 20.0 Å². The van der Waals surface area contributed by atoms with Gasteiger partial charge in [-0.05, 0) is 54.1 Å².